The van der Waals surface area contributed by atoms with Crippen molar-refractivity contribution in [3.63, 3.8) is 0 Å². The Morgan fingerprint density at radius 2 is 2.00 bits per heavy atom. The summed E-state index contributed by atoms with van der Waals surface area (Å²) in [5, 5.41) is 0. The van der Waals surface area contributed by atoms with Gasteiger partial charge in [-0.05, 0) is 37.0 Å². The summed E-state index contributed by atoms with van der Waals surface area (Å²) in [5.74, 6) is 1.92. The first kappa shape index (κ1) is 11.0. The molecule has 1 aliphatic rings. The summed E-state index contributed by atoms with van der Waals surface area (Å²) in [6.07, 6.45) is 4.10. The van der Waals surface area contributed by atoms with Gasteiger partial charge in [0.15, 0.2) is 0 Å². The van der Waals surface area contributed by atoms with Crippen LogP contribution in [0.25, 0.3) is 0 Å². The molecular formula is C13H17BrO. The molecule has 1 aromatic carbocycles. The molecule has 0 radical (unpaired) electrons. The van der Waals surface area contributed by atoms with Crippen molar-refractivity contribution in [2.24, 2.45) is 5.92 Å². The molecule has 1 saturated carbocycles. The van der Waals surface area contributed by atoms with E-state index in [0.29, 0.717) is 4.83 Å². The van der Waals surface area contributed by atoms with Crippen LogP contribution in [-0.2, 0) is 0 Å². The zero-order valence-corrected chi connectivity index (χ0v) is 10.7. The van der Waals surface area contributed by atoms with Gasteiger partial charge in [0.25, 0.3) is 0 Å². The molecule has 0 spiro atoms. The molecule has 0 N–H and O–H groups in total. The Kier molecular flexibility index (Phi) is 3.68. The SMILES string of the molecule is CCOc1ccc(C(Br)CC2CC2)cc1. The molecule has 0 saturated heterocycles. The maximum absolute atomic E-state index is 5.42. The molecule has 0 amide bonds. The van der Waals surface area contributed by atoms with Crippen molar-refractivity contribution in [1.82, 2.24) is 0 Å². The maximum atomic E-state index is 5.42. The molecule has 82 valence electrons. The van der Waals surface area contributed by atoms with Crippen LogP contribution in [0.2, 0.25) is 0 Å². The zero-order valence-electron chi connectivity index (χ0n) is 9.08. The van der Waals surface area contributed by atoms with Gasteiger partial charge >= 0.3 is 0 Å². The average molecular weight is 269 g/mol. The van der Waals surface area contributed by atoms with Gasteiger partial charge in [0.1, 0.15) is 5.75 Å². The fourth-order valence-electron chi connectivity index (χ4n) is 1.72. The number of ether oxygens (including phenoxy) is 1. The Bertz CT molecular complexity index is 303. The fourth-order valence-corrected chi connectivity index (χ4v) is 2.56. The topological polar surface area (TPSA) is 9.23 Å². The van der Waals surface area contributed by atoms with Gasteiger partial charge in [-0.2, -0.15) is 0 Å². The number of halogens is 1. The summed E-state index contributed by atoms with van der Waals surface area (Å²) in [6.45, 7) is 2.74. The van der Waals surface area contributed by atoms with Gasteiger partial charge in [0, 0.05) is 4.83 Å². The predicted molar refractivity (Wildman–Crippen MR) is 66.6 cm³/mol. The van der Waals surface area contributed by atoms with Crippen molar-refractivity contribution in [1.29, 1.82) is 0 Å². The van der Waals surface area contributed by atoms with E-state index >= 15 is 0 Å². The summed E-state index contributed by atoms with van der Waals surface area (Å²) >= 11 is 3.75. The number of alkyl halides is 1. The highest BCUT2D eigenvalue weighted by atomic mass is 79.9. The number of hydrogen-bond donors (Lipinski definition) is 0. The summed E-state index contributed by atoms with van der Waals surface area (Å²) in [6, 6.07) is 8.43. The van der Waals surface area contributed by atoms with Crippen molar-refractivity contribution in [2.75, 3.05) is 6.61 Å². The first-order chi connectivity index (χ1) is 7.29. The lowest BCUT2D eigenvalue weighted by Gasteiger charge is -2.10. The van der Waals surface area contributed by atoms with Crippen molar-refractivity contribution in [3.8, 4) is 5.75 Å². The van der Waals surface area contributed by atoms with E-state index < -0.39 is 0 Å². The molecular weight excluding hydrogens is 252 g/mol. The van der Waals surface area contributed by atoms with Gasteiger partial charge in [-0.15, -0.1) is 0 Å². The van der Waals surface area contributed by atoms with E-state index in [9.17, 15) is 0 Å². The van der Waals surface area contributed by atoms with Crippen LogP contribution in [0.3, 0.4) is 0 Å². The van der Waals surface area contributed by atoms with Crippen LogP contribution in [-0.4, -0.2) is 6.61 Å². The first-order valence-electron chi connectivity index (χ1n) is 5.66. The first-order valence-corrected chi connectivity index (χ1v) is 6.58. The molecule has 1 fully saturated rings. The van der Waals surface area contributed by atoms with Crippen molar-refractivity contribution < 1.29 is 4.74 Å². The van der Waals surface area contributed by atoms with Crippen molar-refractivity contribution >= 4 is 15.9 Å². The fraction of sp³-hybridized carbons (Fsp3) is 0.538. The highest BCUT2D eigenvalue weighted by molar-refractivity contribution is 9.09. The second-order valence-corrected chi connectivity index (χ2v) is 5.25. The minimum absolute atomic E-state index is 0.515. The monoisotopic (exact) mass is 268 g/mol. The largest absolute Gasteiger partial charge is 0.494 e. The van der Waals surface area contributed by atoms with Crippen LogP contribution in [0.1, 0.15) is 36.6 Å². The third kappa shape index (κ3) is 3.23. The Balaban J connectivity index is 1.95. The van der Waals surface area contributed by atoms with E-state index in [4.69, 9.17) is 4.74 Å². The lowest BCUT2D eigenvalue weighted by molar-refractivity contribution is 0.340. The highest BCUT2D eigenvalue weighted by Gasteiger charge is 2.24. The Hall–Kier alpha value is -0.500. The van der Waals surface area contributed by atoms with Gasteiger partial charge in [0.05, 0.1) is 6.61 Å². The van der Waals surface area contributed by atoms with E-state index in [1.54, 1.807) is 0 Å². The molecule has 0 heterocycles. The van der Waals surface area contributed by atoms with E-state index in [0.717, 1.165) is 18.3 Å². The normalized spacial score (nSPS) is 17.5. The van der Waals surface area contributed by atoms with Gasteiger partial charge in [-0.3, -0.25) is 0 Å². The number of hydrogen-bond acceptors (Lipinski definition) is 1. The second kappa shape index (κ2) is 5.02. The van der Waals surface area contributed by atoms with Crippen molar-refractivity contribution in [2.45, 2.75) is 31.0 Å². The number of benzene rings is 1. The molecule has 2 heteroatoms. The van der Waals surface area contributed by atoms with Crippen LogP contribution in [0.15, 0.2) is 24.3 Å². The van der Waals surface area contributed by atoms with Crippen LogP contribution >= 0.6 is 15.9 Å². The van der Waals surface area contributed by atoms with Crippen LogP contribution in [0, 0.1) is 5.92 Å². The van der Waals surface area contributed by atoms with Crippen LogP contribution in [0.4, 0.5) is 0 Å². The third-order valence-electron chi connectivity index (χ3n) is 2.79. The summed E-state index contributed by atoms with van der Waals surface area (Å²) < 4.78 is 5.42. The molecule has 1 atom stereocenters. The van der Waals surface area contributed by atoms with Crippen LogP contribution in [0.5, 0.6) is 5.75 Å². The van der Waals surface area contributed by atoms with Crippen LogP contribution < -0.4 is 4.74 Å². The molecule has 0 bridgehead atoms. The average Bonchev–Trinajstić information content (AvgIpc) is 3.03. The Morgan fingerprint density at radius 3 is 2.53 bits per heavy atom. The minimum Gasteiger partial charge on any atom is -0.494 e. The third-order valence-corrected chi connectivity index (χ3v) is 3.69. The van der Waals surface area contributed by atoms with E-state index in [2.05, 4.69) is 40.2 Å². The molecule has 0 aromatic heterocycles. The smallest absolute Gasteiger partial charge is 0.119 e. The minimum atomic E-state index is 0.515. The summed E-state index contributed by atoms with van der Waals surface area (Å²) in [7, 11) is 0. The predicted octanol–water partition coefficient (Wildman–Crippen LogP) is 4.32. The molecule has 1 aromatic rings. The quantitative estimate of drug-likeness (QED) is 0.723. The zero-order chi connectivity index (χ0) is 10.7. The second-order valence-electron chi connectivity index (χ2n) is 4.15. The molecule has 1 unspecified atom stereocenters. The molecule has 1 nitrogen and oxygen atoms in total. The van der Waals surface area contributed by atoms with Crippen molar-refractivity contribution in [3.05, 3.63) is 29.8 Å². The summed E-state index contributed by atoms with van der Waals surface area (Å²) in [5.41, 5.74) is 1.37. The lowest BCUT2D eigenvalue weighted by atomic mass is 10.1. The van der Waals surface area contributed by atoms with Gasteiger partial charge in [-0.1, -0.05) is 40.9 Å². The highest BCUT2D eigenvalue weighted by Crippen LogP contribution is 2.41. The molecule has 2 rings (SSSR count). The summed E-state index contributed by atoms with van der Waals surface area (Å²) in [4.78, 5) is 0.515. The van der Waals surface area contributed by atoms with E-state index in [-0.39, 0.29) is 0 Å². The van der Waals surface area contributed by atoms with Gasteiger partial charge in [0.2, 0.25) is 0 Å². The van der Waals surface area contributed by atoms with Gasteiger partial charge < -0.3 is 4.74 Å². The molecule has 0 aliphatic heterocycles. The molecule has 1 aliphatic carbocycles. The Labute approximate surface area is 100.0 Å². The lowest BCUT2D eigenvalue weighted by Crippen LogP contribution is -1.94. The Morgan fingerprint density at radius 1 is 1.33 bits per heavy atom. The standard InChI is InChI=1S/C13H17BrO/c1-2-15-12-7-5-11(6-8-12)13(14)9-10-3-4-10/h5-8,10,13H,2-4,9H2,1H3. The van der Waals surface area contributed by atoms with E-state index in [1.165, 1.54) is 24.8 Å². The van der Waals surface area contributed by atoms with E-state index in [1.807, 2.05) is 6.92 Å². The molecule has 15 heavy (non-hydrogen) atoms. The maximum Gasteiger partial charge on any atom is 0.119 e. The number of rotatable bonds is 5. The van der Waals surface area contributed by atoms with Gasteiger partial charge in [-0.25, -0.2) is 0 Å².